The number of amides is 1. The molecule has 0 aliphatic heterocycles. The highest BCUT2D eigenvalue weighted by Gasteiger charge is 2.53. The van der Waals surface area contributed by atoms with Gasteiger partial charge in [0.05, 0.1) is 5.33 Å². The summed E-state index contributed by atoms with van der Waals surface area (Å²) in [6.07, 6.45) is 5.45. The van der Waals surface area contributed by atoms with E-state index in [4.69, 9.17) is 0 Å². The molecule has 0 atom stereocenters. The molecule has 1 amide bonds. The lowest BCUT2D eigenvalue weighted by molar-refractivity contribution is -0.118. The molecule has 68 valence electrons. The summed E-state index contributed by atoms with van der Waals surface area (Å²) in [4.78, 5) is 11.0. The Balaban J connectivity index is 1.75. The Bertz CT molecular complexity index is 197. The van der Waals surface area contributed by atoms with Crippen LogP contribution >= 0.6 is 15.9 Å². The lowest BCUT2D eigenvalue weighted by Crippen LogP contribution is -2.31. The van der Waals surface area contributed by atoms with Crippen molar-refractivity contribution < 1.29 is 4.79 Å². The summed E-state index contributed by atoms with van der Waals surface area (Å²) in [6.45, 7) is 0.919. The molecule has 0 unspecified atom stereocenters. The average molecular weight is 232 g/mol. The SMILES string of the molecule is O=C(CBr)NCC1(C2CC2)CC1. The summed E-state index contributed by atoms with van der Waals surface area (Å²) in [6, 6.07) is 0. The van der Waals surface area contributed by atoms with Crippen molar-refractivity contribution in [2.45, 2.75) is 25.7 Å². The number of hydrogen-bond donors (Lipinski definition) is 1. The van der Waals surface area contributed by atoms with Crippen LogP contribution in [0.25, 0.3) is 0 Å². The minimum absolute atomic E-state index is 0.127. The number of halogens is 1. The van der Waals surface area contributed by atoms with Crippen molar-refractivity contribution >= 4 is 21.8 Å². The number of hydrogen-bond acceptors (Lipinski definition) is 1. The molecule has 0 aromatic carbocycles. The van der Waals surface area contributed by atoms with Gasteiger partial charge in [-0.25, -0.2) is 0 Å². The van der Waals surface area contributed by atoms with Crippen molar-refractivity contribution in [1.29, 1.82) is 0 Å². The molecule has 2 saturated carbocycles. The second-order valence-corrected chi connectivity index (χ2v) is 4.61. The zero-order chi connectivity index (χ0) is 8.60. The first-order valence-electron chi connectivity index (χ1n) is 4.59. The Hall–Kier alpha value is -0.0500. The van der Waals surface area contributed by atoms with E-state index < -0.39 is 0 Å². The van der Waals surface area contributed by atoms with E-state index in [1.807, 2.05) is 0 Å². The third-order valence-electron chi connectivity index (χ3n) is 3.09. The molecule has 1 N–H and O–H groups in total. The van der Waals surface area contributed by atoms with Crippen LogP contribution in [0.1, 0.15) is 25.7 Å². The Kier molecular flexibility index (Phi) is 2.15. The van der Waals surface area contributed by atoms with Crippen LogP contribution in [-0.2, 0) is 4.79 Å². The molecule has 0 bridgehead atoms. The largest absolute Gasteiger partial charge is 0.355 e. The lowest BCUT2D eigenvalue weighted by Gasteiger charge is -2.13. The number of rotatable bonds is 4. The van der Waals surface area contributed by atoms with E-state index >= 15 is 0 Å². The van der Waals surface area contributed by atoms with Crippen LogP contribution in [0.2, 0.25) is 0 Å². The molecule has 2 aliphatic rings. The van der Waals surface area contributed by atoms with Gasteiger partial charge in [-0.15, -0.1) is 0 Å². The van der Waals surface area contributed by atoms with Crippen LogP contribution in [0.5, 0.6) is 0 Å². The van der Waals surface area contributed by atoms with Gasteiger partial charge in [0.1, 0.15) is 0 Å². The first-order valence-corrected chi connectivity index (χ1v) is 5.72. The highest BCUT2D eigenvalue weighted by atomic mass is 79.9. The van der Waals surface area contributed by atoms with E-state index in [0.717, 1.165) is 12.5 Å². The van der Waals surface area contributed by atoms with Crippen LogP contribution < -0.4 is 5.32 Å². The van der Waals surface area contributed by atoms with Gasteiger partial charge in [-0.3, -0.25) is 4.79 Å². The predicted octanol–water partition coefficient (Wildman–Crippen LogP) is 1.69. The molecule has 0 radical (unpaired) electrons. The predicted molar refractivity (Wildman–Crippen MR) is 51.2 cm³/mol. The molecule has 12 heavy (non-hydrogen) atoms. The van der Waals surface area contributed by atoms with Crippen LogP contribution in [0, 0.1) is 11.3 Å². The summed E-state index contributed by atoms with van der Waals surface area (Å²) >= 11 is 3.14. The fraction of sp³-hybridized carbons (Fsp3) is 0.889. The molecule has 0 aromatic rings. The third kappa shape index (κ3) is 1.65. The monoisotopic (exact) mass is 231 g/mol. The number of carbonyl (C=O) groups is 1. The molecule has 2 fully saturated rings. The molecule has 0 heterocycles. The van der Waals surface area contributed by atoms with E-state index in [2.05, 4.69) is 21.2 Å². The van der Waals surface area contributed by atoms with Crippen LogP contribution in [-0.4, -0.2) is 17.8 Å². The molecule has 2 aliphatic carbocycles. The quantitative estimate of drug-likeness (QED) is 0.734. The van der Waals surface area contributed by atoms with Crippen LogP contribution in [0.15, 0.2) is 0 Å². The van der Waals surface area contributed by atoms with Gasteiger partial charge in [0.2, 0.25) is 5.91 Å². The fourth-order valence-corrected chi connectivity index (χ4v) is 2.11. The van der Waals surface area contributed by atoms with Crippen molar-refractivity contribution in [3.8, 4) is 0 Å². The molecule has 0 spiro atoms. The maximum atomic E-state index is 11.0. The van der Waals surface area contributed by atoms with Crippen molar-refractivity contribution in [3.05, 3.63) is 0 Å². The molecule has 0 aromatic heterocycles. The minimum atomic E-state index is 0.127. The van der Waals surface area contributed by atoms with E-state index in [1.165, 1.54) is 25.7 Å². The van der Waals surface area contributed by atoms with Gasteiger partial charge in [0.15, 0.2) is 0 Å². The Morgan fingerprint density at radius 2 is 2.17 bits per heavy atom. The van der Waals surface area contributed by atoms with E-state index in [-0.39, 0.29) is 5.91 Å². The van der Waals surface area contributed by atoms with E-state index in [0.29, 0.717) is 10.7 Å². The highest BCUT2D eigenvalue weighted by molar-refractivity contribution is 9.09. The minimum Gasteiger partial charge on any atom is -0.355 e. The van der Waals surface area contributed by atoms with Gasteiger partial charge in [0.25, 0.3) is 0 Å². The van der Waals surface area contributed by atoms with Crippen molar-refractivity contribution in [2.75, 3.05) is 11.9 Å². The maximum absolute atomic E-state index is 11.0. The first kappa shape index (κ1) is 8.54. The zero-order valence-corrected chi connectivity index (χ0v) is 8.69. The fourth-order valence-electron chi connectivity index (χ4n) is 1.91. The molecule has 2 rings (SSSR count). The van der Waals surface area contributed by atoms with Crippen molar-refractivity contribution in [1.82, 2.24) is 5.32 Å². The van der Waals surface area contributed by atoms with Crippen molar-refractivity contribution in [3.63, 3.8) is 0 Å². The van der Waals surface area contributed by atoms with Crippen LogP contribution in [0.4, 0.5) is 0 Å². The van der Waals surface area contributed by atoms with Gasteiger partial charge >= 0.3 is 0 Å². The standard InChI is InChI=1S/C9H14BrNO/c10-5-8(12)11-6-9(3-4-9)7-1-2-7/h7H,1-6H2,(H,11,12). The zero-order valence-electron chi connectivity index (χ0n) is 7.11. The summed E-state index contributed by atoms with van der Waals surface area (Å²) in [5, 5.41) is 3.41. The van der Waals surface area contributed by atoms with Gasteiger partial charge in [-0.1, -0.05) is 15.9 Å². The third-order valence-corrected chi connectivity index (χ3v) is 3.60. The maximum Gasteiger partial charge on any atom is 0.230 e. The first-order chi connectivity index (χ1) is 5.77. The second-order valence-electron chi connectivity index (χ2n) is 4.05. The average Bonchev–Trinajstić information content (AvgIpc) is 2.88. The Morgan fingerprint density at radius 1 is 1.50 bits per heavy atom. The molecule has 2 nitrogen and oxygen atoms in total. The summed E-state index contributed by atoms with van der Waals surface area (Å²) in [5.41, 5.74) is 0.540. The van der Waals surface area contributed by atoms with Gasteiger partial charge in [-0.2, -0.15) is 0 Å². The second kappa shape index (κ2) is 3.02. The van der Waals surface area contributed by atoms with Gasteiger partial charge in [0, 0.05) is 6.54 Å². The smallest absolute Gasteiger partial charge is 0.230 e. The molecular weight excluding hydrogens is 218 g/mol. The molecule has 3 heteroatoms. The van der Waals surface area contributed by atoms with Crippen molar-refractivity contribution in [2.24, 2.45) is 11.3 Å². The summed E-state index contributed by atoms with van der Waals surface area (Å²) in [7, 11) is 0. The highest BCUT2D eigenvalue weighted by Crippen LogP contribution is 2.60. The number of alkyl halides is 1. The topological polar surface area (TPSA) is 29.1 Å². The molecular formula is C9H14BrNO. The number of nitrogens with one attached hydrogen (secondary N) is 1. The van der Waals surface area contributed by atoms with Gasteiger partial charge in [-0.05, 0) is 37.0 Å². The summed E-state index contributed by atoms with van der Waals surface area (Å²) in [5.74, 6) is 1.06. The van der Waals surface area contributed by atoms with Gasteiger partial charge < -0.3 is 5.32 Å². The Labute approximate surface area is 81.2 Å². The van der Waals surface area contributed by atoms with Crippen LogP contribution in [0.3, 0.4) is 0 Å². The van der Waals surface area contributed by atoms with E-state index in [9.17, 15) is 4.79 Å². The Morgan fingerprint density at radius 3 is 2.58 bits per heavy atom. The normalized spacial score (nSPS) is 25.1. The van der Waals surface area contributed by atoms with E-state index in [1.54, 1.807) is 0 Å². The lowest BCUT2D eigenvalue weighted by atomic mass is 10.0. The molecule has 0 saturated heterocycles. The summed E-state index contributed by atoms with van der Waals surface area (Å²) < 4.78 is 0. The number of carbonyl (C=O) groups excluding carboxylic acids is 1.